The maximum Gasteiger partial charge on any atom is 0.228 e. The van der Waals surface area contributed by atoms with Crippen molar-refractivity contribution >= 4 is 11.6 Å². The van der Waals surface area contributed by atoms with Gasteiger partial charge in [-0.05, 0) is 56.1 Å². The van der Waals surface area contributed by atoms with Gasteiger partial charge in [-0.15, -0.1) is 0 Å². The Morgan fingerprint density at radius 3 is 2.73 bits per heavy atom. The minimum absolute atomic E-state index is 0.131. The number of anilines is 1. The van der Waals surface area contributed by atoms with Crippen molar-refractivity contribution in [1.82, 2.24) is 5.32 Å². The highest BCUT2D eigenvalue weighted by Crippen LogP contribution is 2.36. The van der Waals surface area contributed by atoms with E-state index in [1.165, 1.54) is 18.2 Å². The second-order valence-electron chi connectivity index (χ2n) is 6.43. The molecule has 1 aliphatic heterocycles. The number of nitrogens with one attached hydrogen (secondary N) is 2. The van der Waals surface area contributed by atoms with Crippen molar-refractivity contribution in [3.63, 3.8) is 0 Å². The first kappa shape index (κ1) is 18.2. The van der Waals surface area contributed by atoms with Gasteiger partial charge in [0.15, 0.2) is 17.2 Å². The zero-order valence-corrected chi connectivity index (χ0v) is 15.0. The summed E-state index contributed by atoms with van der Waals surface area (Å²) < 4.78 is 25.0. The molecule has 6 heteroatoms. The van der Waals surface area contributed by atoms with Gasteiger partial charge in [-0.3, -0.25) is 4.79 Å². The van der Waals surface area contributed by atoms with Crippen molar-refractivity contribution in [1.29, 1.82) is 0 Å². The maximum absolute atomic E-state index is 13.7. The van der Waals surface area contributed by atoms with Gasteiger partial charge < -0.3 is 20.1 Å². The van der Waals surface area contributed by atoms with Gasteiger partial charge in [0.1, 0.15) is 5.82 Å². The fourth-order valence-corrected chi connectivity index (χ4v) is 2.98. The van der Waals surface area contributed by atoms with Crippen molar-refractivity contribution in [2.24, 2.45) is 5.92 Å². The van der Waals surface area contributed by atoms with Gasteiger partial charge in [0, 0.05) is 12.6 Å². The molecule has 1 unspecified atom stereocenters. The van der Waals surface area contributed by atoms with Crippen LogP contribution in [0.3, 0.4) is 0 Å². The number of hydrogen-bond acceptors (Lipinski definition) is 4. The molecular weight excluding hydrogens is 335 g/mol. The summed E-state index contributed by atoms with van der Waals surface area (Å²) in [4.78, 5) is 12.5. The van der Waals surface area contributed by atoms with Crippen molar-refractivity contribution in [3.05, 3.63) is 47.8 Å². The minimum atomic E-state index is -0.440. The number of carbonyl (C=O) groups is 1. The molecule has 1 saturated heterocycles. The van der Waals surface area contributed by atoms with Crippen LogP contribution < -0.4 is 20.1 Å². The third-order valence-corrected chi connectivity index (χ3v) is 4.41. The summed E-state index contributed by atoms with van der Waals surface area (Å²) in [5.41, 5.74) is 1.34. The fourth-order valence-electron chi connectivity index (χ4n) is 2.98. The molecule has 0 aliphatic carbocycles. The average molecular weight is 358 g/mol. The van der Waals surface area contributed by atoms with E-state index in [0.29, 0.717) is 29.5 Å². The van der Waals surface area contributed by atoms with Crippen LogP contribution in [0.15, 0.2) is 36.4 Å². The molecule has 1 aliphatic rings. The summed E-state index contributed by atoms with van der Waals surface area (Å²) in [6.07, 6.45) is 1.77. The fraction of sp³-hybridized carbons (Fsp3) is 0.350. The van der Waals surface area contributed by atoms with Gasteiger partial charge in [-0.25, -0.2) is 4.39 Å². The molecule has 2 N–H and O–H groups in total. The van der Waals surface area contributed by atoms with Crippen LogP contribution in [0, 0.1) is 18.7 Å². The molecule has 1 atom stereocenters. The quantitative estimate of drug-likeness (QED) is 0.852. The van der Waals surface area contributed by atoms with Gasteiger partial charge in [-0.1, -0.05) is 6.07 Å². The zero-order chi connectivity index (χ0) is 18.5. The molecule has 0 spiro atoms. The Morgan fingerprint density at radius 2 is 2.00 bits per heavy atom. The molecule has 0 radical (unpaired) electrons. The number of hydrogen-bond donors (Lipinski definition) is 2. The highest BCUT2D eigenvalue weighted by molar-refractivity contribution is 5.94. The first-order chi connectivity index (χ1) is 12.6. The predicted molar refractivity (Wildman–Crippen MR) is 98.4 cm³/mol. The summed E-state index contributed by atoms with van der Waals surface area (Å²) >= 11 is 0. The molecule has 5 nitrogen and oxygen atoms in total. The smallest absolute Gasteiger partial charge is 0.228 e. The van der Waals surface area contributed by atoms with Gasteiger partial charge in [0.2, 0.25) is 5.91 Å². The van der Waals surface area contributed by atoms with Crippen molar-refractivity contribution in [3.8, 4) is 17.2 Å². The Balaban J connectivity index is 1.83. The monoisotopic (exact) mass is 358 g/mol. The van der Waals surface area contributed by atoms with E-state index in [1.54, 1.807) is 13.2 Å². The van der Waals surface area contributed by atoms with Gasteiger partial charge >= 0.3 is 0 Å². The highest BCUT2D eigenvalue weighted by atomic mass is 19.1. The van der Waals surface area contributed by atoms with E-state index in [2.05, 4.69) is 10.6 Å². The lowest BCUT2D eigenvalue weighted by Crippen LogP contribution is -2.37. The lowest BCUT2D eigenvalue weighted by molar-refractivity contribution is -0.120. The predicted octanol–water partition coefficient (Wildman–Crippen LogP) is 3.87. The molecule has 0 saturated carbocycles. The van der Waals surface area contributed by atoms with E-state index in [1.807, 2.05) is 19.1 Å². The first-order valence-corrected chi connectivity index (χ1v) is 8.70. The second kappa shape index (κ2) is 8.19. The Bertz CT molecular complexity index is 789. The van der Waals surface area contributed by atoms with Crippen molar-refractivity contribution < 1.29 is 18.7 Å². The van der Waals surface area contributed by atoms with Gasteiger partial charge in [0.05, 0.1) is 18.7 Å². The van der Waals surface area contributed by atoms with Crippen molar-refractivity contribution in [2.75, 3.05) is 25.5 Å². The number of aryl methyl sites for hydroxylation is 1. The molecule has 2 aromatic rings. The maximum atomic E-state index is 13.7. The van der Waals surface area contributed by atoms with Crippen molar-refractivity contribution in [2.45, 2.75) is 19.8 Å². The van der Waals surface area contributed by atoms with E-state index < -0.39 is 5.82 Å². The van der Waals surface area contributed by atoms with Gasteiger partial charge in [-0.2, -0.15) is 0 Å². The summed E-state index contributed by atoms with van der Waals surface area (Å²) in [5.74, 6) is 0.732. The number of halogens is 1. The molecule has 3 rings (SSSR count). The third-order valence-electron chi connectivity index (χ3n) is 4.41. The first-order valence-electron chi connectivity index (χ1n) is 8.70. The van der Waals surface area contributed by atoms with Crippen LogP contribution >= 0.6 is 0 Å². The second-order valence-corrected chi connectivity index (χ2v) is 6.43. The zero-order valence-electron chi connectivity index (χ0n) is 15.0. The highest BCUT2D eigenvalue weighted by Gasteiger charge is 2.22. The van der Waals surface area contributed by atoms with E-state index in [4.69, 9.17) is 9.47 Å². The molecule has 1 heterocycles. The summed E-state index contributed by atoms with van der Waals surface area (Å²) in [6, 6.07) is 9.60. The van der Waals surface area contributed by atoms with Crippen LogP contribution in [0.25, 0.3) is 0 Å². The average Bonchev–Trinajstić information content (AvgIpc) is 2.65. The van der Waals surface area contributed by atoms with Gasteiger partial charge in [0.25, 0.3) is 0 Å². The Morgan fingerprint density at radius 1 is 1.19 bits per heavy atom. The number of rotatable bonds is 5. The molecule has 2 aromatic carbocycles. The van der Waals surface area contributed by atoms with E-state index >= 15 is 0 Å². The number of benzene rings is 2. The number of carbonyl (C=O) groups excluding carboxylic acids is 1. The number of ether oxygens (including phenoxy) is 2. The SMILES string of the molecule is COc1cc(C)ccc1Oc1ccc(F)cc1NC(=O)C1CCCNC1. The van der Waals surface area contributed by atoms with Crippen LogP contribution in [0.2, 0.25) is 0 Å². The molecule has 138 valence electrons. The topological polar surface area (TPSA) is 59.6 Å². The largest absolute Gasteiger partial charge is 0.493 e. The van der Waals surface area contributed by atoms with E-state index in [-0.39, 0.29) is 11.8 Å². The molecular formula is C20H23FN2O3. The Labute approximate surface area is 152 Å². The van der Waals surface area contributed by atoms with E-state index in [0.717, 1.165) is 24.9 Å². The summed E-state index contributed by atoms with van der Waals surface area (Å²) in [5, 5.41) is 6.01. The molecule has 26 heavy (non-hydrogen) atoms. The third kappa shape index (κ3) is 4.32. The lowest BCUT2D eigenvalue weighted by atomic mass is 9.99. The van der Waals surface area contributed by atoms with Crippen LogP contribution in [0.4, 0.5) is 10.1 Å². The number of methoxy groups -OCH3 is 1. The van der Waals surface area contributed by atoms with Crippen LogP contribution in [0.5, 0.6) is 17.2 Å². The summed E-state index contributed by atoms with van der Waals surface area (Å²) in [6.45, 7) is 3.50. The standard InChI is InChI=1S/C20H23FN2O3/c1-13-5-7-18(19(10-13)25-2)26-17-8-6-15(21)11-16(17)23-20(24)14-4-3-9-22-12-14/h5-8,10-11,14,22H,3-4,9,12H2,1-2H3,(H,23,24). The van der Waals surface area contributed by atoms with Crippen LogP contribution in [0.1, 0.15) is 18.4 Å². The van der Waals surface area contributed by atoms with Crippen LogP contribution in [-0.4, -0.2) is 26.1 Å². The minimum Gasteiger partial charge on any atom is -0.493 e. The molecule has 0 aromatic heterocycles. The molecule has 1 amide bonds. The number of amides is 1. The van der Waals surface area contributed by atoms with Crippen LogP contribution in [-0.2, 0) is 4.79 Å². The Hall–Kier alpha value is -2.60. The lowest BCUT2D eigenvalue weighted by Gasteiger charge is -2.22. The normalized spacial score (nSPS) is 16.8. The summed E-state index contributed by atoms with van der Waals surface area (Å²) in [7, 11) is 1.56. The van der Waals surface area contributed by atoms with E-state index in [9.17, 15) is 9.18 Å². The molecule has 0 bridgehead atoms. The Kier molecular flexibility index (Phi) is 5.73. The molecule has 1 fully saturated rings. The number of piperidine rings is 1.